The first-order valence-corrected chi connectivity index (χ1v) is 12.5. The van der Waals surface area contributed by atoms with Crippen molar-refractivity contribution in [3.05, 3.63) is 53.1 Å². The van der Waals surface area contributed by atoms with Crippen molar-refractivity contribution in [1.82, 2.24) is 5.32 Å². The normalized spacial score (nSPS) is 16.2. The first-order chi connectivity index (χ1) is 14.9. The molecule has 0 saturated carbocycles. The summed E-state index contributed by atoms with van der Waals surface area (Å²) in [4.78, 5) is 12.7. The Balaban J connectivity index is 1.67. The predicted molar refractivity (Wildman–Crippen MR) is 126 cm³/mol. The van der Waals surface area contributed by atoms with Gasteiger partial charge in [0.25, 0.3) is 5.91 Å². The first kappa shape index (κ1) is 23.9. The molecule has 2 aromatic rings. The summed E-state index contributed by atoms with van der Waals surface area (Å²) >= 11 is 0. The average Bonchev–Trinajstić information content (AvgIpc) is 2.69. The van der Waals surface area contributed by atoms with E-state index in [4.69, 9.17) is 9.47 Å². The first-order valence-electron chi connectivity index (χ1n) is 10.6. The van der Waals surface area contributed by atoms with E-state index >= 15 is 0 Å². The van der Waals surface area contributed by atoms with Crippen molar-refractivity contribution < 1.29 is 22.7 Å². The van der Waals surface area contributed by atoms with Crippen LogP contribution in [0.15, 0.2) is 36.4 Å². The van der Waals surface area contributed by atoms with Gasteiger partial charge >= 0.3 is 0 Å². The van der Waals surface area contributed by atoms with Crippen LogP contribution in [-0.4, -0.2) is 46.4 Å². The molecule has 0 saturated heterocycles. The third-order valence-electron chi connectivity index (χ3n) is 5.38. The van der Waals surface area contributed by atoms with Gasteiger partial charge in [-0.05, 0) is 48.6 Å². The molecule has 0 aromatic heterocycles. The molecule has 1 amide bonds. The molecule has 0 unspecified atom stereocenters. The van der Waals surface area contributed by atoms with E-state index in [1.807, 2.05) is 44.2 Å². The third-order valence-corrected chi connectivity index (χ3v) is 6.52. The van der Waals surface area contributed by atoms with Crippen LogP contribution in [0, 0.1) is 13.8 Å². The minimum Gasteiger partial charge on any atom is -0.491 e. The third kappa shape index (κ3) is 5.54. The fraction of sp³-hybridized carbons (Fsp3) is 0.458. The lowest BCUT2D eigenvalue weighted by atomic mass is 9.86. The van der Waals surface area contributed by atoms with E-state index < -0.39 is 16.1 Å². The Morgan fingerprint density at radius 1 is 1.19 bits per heavy atom. The lowest BCUT2D eigenvalue weighted by Crippen LogP contribution is -2.51. The molecule has 7 nitrogen and oxygen atoms in total. The van der Waals surface area contributed by atoms with E-state index in [1.54, 1.807) is 6.07 Å². The van der Waals surface area contributed by atoms with Gasteiger partial charge in [-0.15, -0.1) is 0 Å². The van der Waals surface area contributed by atoms with E-state index in [9.17, 15) is 13.2 Å². The van der Waals surface area contributed by atoms with Crippen molar-refractivity contribution in [3.8, 4) is 11.5 Å². The molecule has 8 heteroatoms. The molecule has 3 rings (SSSR count). The van der Waals surface area contributed by atoms with Gasteiger partial charge in [0.1, 0.15) is 18.1 Å². The summed E-state index contributed by atoms with van der Waals surface area (Å²) in [7, 11) is -3.59. The monoisotopic (exact) mass is 460 g/mol. The summed E-state index contributed by atoms with van der Waals surface area (Å²) in [6, 6.07) is 11.4. The lowest BCUT2D eigenvalue weighted by Gasteiger charge is -2.35. The minimum absolute atomic E-state index is 0.0802. The Labute approximate surface area is 190 Å². The lowest BCUT2D eigenvalue weighted by molar-refractivity contribution is -0.127. The number of carbonyl (C=O) groups is 1. The van der Waals surface area contributed by atoms with E-state index in [2.05, 4.69) is 26.1 Å². The molecule has 0 bridgehead atoms. The highest BCUT2D eigenvalue weighted by atomic mass is 32.2. The fourth-order valence-corrected chi connectivity index (χ4v) is 4.48. The van der Waals surface area contributed by atoms with Crippen LogP contribution >= 0.6 is 0 Å². The van der Waals surface area contributed by atoms with E-state index in [-0.39, 0.29) is 24.4 Å². The number of fused-ring (bicyclic) bond motifs is 1. The maximum atomic E-state index is 12.7. The van der Waals surface area contributed by atoms with Gasteiger partial charge in [0.05, 0.1) is 25.0 Å². The molecule has 0 radical (unpaired) electrons. The number of nitrogens with one attached hydrogen (secondary N) is 1. The molecule has 1 heterocycles. The highest BCUT2D eigenvalue weighted by Crippen LogP contribution is 2.38. The van der Waals surface area contributed by atoms with Crippen molar-refractivity contribution in [1.29, 1.82) is 0 Å². The second-order valence-corrected chi connectivity index (χ2v) is 11.1. The number of benzene rings is 2. The van der Waals surface area contributed by atoms with Gasteiger partial charge < -0.3 is 14.8 Å². The van der Waals surface area contributed by atoms with E-state index in [0.29, 0.717) is 18.0 Å². The van der Waals surface area contributed by atoms with Crippen LogP contribution in [0.5, 0.6) is 11.5 Å². The SMILES string of the molecule is Cc1ccc(OCCNC(=O)[C@H]2CN(S(C)(=O)=O)c3cc(C(C)(C)C)ccc3O2)c(C)c1. The molecule has 0 aliphatic carbocycles. The second-order valence-electron chi connectivity index (χ2n) is 9.24. The number of nitrogens with zero attached hydrogens (tertiary/aromatic N) is 1. The van der Waals surface area contributed by atoms with Crippen molar-refractivity contribution >= 4 is 21.6 Å². The summed E-state index contributed by atoms with van der Waals surface area (Å²) in [6.07, 6.45) is 0.192. The molecule has 174 valence electrons. The Bertz CT molecular complexity index is 1110. The molecule has 1 N–H and O–H groups in total. The summed E-state index contributed by atoms with van der Waals surface area (Å²) < 4.78 is 37.8. The molecular formula is C24H32N2O5S. The van der Waals surface area contributed by atoms with Crippen molar-refractivity contribution in [2.45, 2.75) is 46.1 Å². The van der Waals surface area contributed by atoms with Crippen LogP contribution in [0.3, 0.4) is 0 Å². The van der Waals surface area contributed by atoms with Crippen molar-refractivity contribution in [2.24, 2.45) is 0 Å². The molecule has 0 fully saturated rings. The van der Waals surface area contributed by atoms with E-state index in [0.717, 1.165) is 28.7 Å². The van der Waals surface area contributed by atoms with Crippen LogP contribution in [0.4, 0.5) is 5.69 Å². The Kier molecular flexibility index (Phi) is 6.74. The molecule has 1 atom stereocenters. The minimum atomic E-state index is -3.59. The predicted octanol–water partition coefficient (Wildman–Crippen LogP) is 3.32. The number of carbonyl (C=O) groups excluding carboxylic acids is 1. The standard InChI is InChI=1S/C24H32N2O5S/c1-16-7-9-20(17(2)13-16)30-12-11-25-23(27)22-15-26(32(6,28)29)19-14-18(24(3,4)5)8-10-21(19)31-22/h7-10,13-14,22H,11-12,15H2,1-6H3,(H,25,27)/t22-/m1/s1. The highest BCUT2D eigenvalue weighted by molar-refractivity contribution is 7.92. The van der Waals surface area contributed by atoms with Crippen LogP contribution in [0.2, 0.25) is 0 Å². The van der Waals surface area contributed by atoms with Crippen LogP contribution < -0.4 is 19.1 Å². The zero-order valence-electron chi connectivity index (χ0n) is 19.6. The maximum Gasteiger partial charge on any atom is 0.263 e. The van der Waals surface area contributed by atoms with Gasteiger partial charge in [0.15, 0.2) is 6.10 Å². The quantitative estimate of drug-likeness (QED) is 0.669. The molecule has 0 spiro atoms. The summed E-state index contributed by atoms with van der Waals surface area (Å²) in [5.74, 6) is 0.764. The summed E-state index contributed by atoms with van der Waals surface area (Å²) in [5, 5.41) is 2.78. The average molecular weight is 461 g/mol. The Hall–Kier alpha value is -2.74. The summed E-state index contributed by atoms with van der Waals surface area (Å²) in [6.45, 7) is 10.6. The highest BCUT2D eigenvalue weighted by Gasteiger charge is 2.35. The van der Waals surface area contributed by atoms with E-state index in [1.165, 1.54) is 4.31 Å². The van der Waals surface area contributed by atoms with Gasteiger partial charge in [0, 0.05) is 0 Å². The van der Waals surface area contributed by atoms with Crippen LogP contribution in [0.25, 0.3) is 0 Å². The fourth-order valence-electron chi connectivity index (χ4n) is 3.58. The number of hydrogen-bond donors (Lipinski definition) is 1. The number of sulfonamides is 1. The van der Waals surface area contributed by atoms with Crippen molar-refractivity contribution in [3.63, 3.8) is 0 Å². The molecule has 32 heavy (non-hydrogen) atoms. The second kappa shape index (κ2) is 9.02. The number of anilines is 1. The Morgan fingerprint density at radius 3 is 2.53 bits per heavy atom. The number of ether oxygens (including phenoxy) is 2. The summed E-state index contributed by atoms with van der Waals surface area (Å²) in [5.41, 5.74) is 3.48. The zero-order valence-corrected chi connectivity index (χ0v) is 20.4. The topological polar surface area (TPSA) is 84.9 Å². The molecular weight excluding hydrogens is 428 g/mol. The number of rotatable bonds is 6. The smallest absolute Gasteiger partial charge is 0.263 e. The Morgan fingerprint density at radius 2 is 1.91 bits per heavy atom. The van der Waals surface area contributed by atoms with Gasteiger partial charge in [-0.25, -0.2) is 8.42 Å². The number of amides is 1. The van der Waals surface area contributed by atoms with Crippen LogP contribution in [-0.2, 0) is 20.2 Å². The maximum absolute atomic E-state index is 12.7. The largest absolute Gasteiger partial charge is 0.491 e. The van der Waals surface area contributed by atoms with Crippen molar-refractivity contribution in [2.75, 3.05) is 30.3 Å². The molecule has 1 aliphatic heterocycles. The van der Waals surface area contributed by atoms with Gasteiger partial charge in [-0.1, -0.05) is 44.5 Å². The van der Waals surface area contributed by atoms with Gasteiger partial charge in [-0.2, -0.15) is 0 Å². The molecule has 2 aromatic carbocycles. The van der Waals surface area contributed by atoms with Gasteiger partial charge in [0.2, 0.25) is 10.0 Å². The number of hydrogen-bond acceptors (Lipinski definition) is 5. The van der Waals surface area contributed by atoms with Crippen LogP contribution in [0.1, 0.15) is 37.5 Å². The molecule has 1 aliphatic rings. The number of aryl methyl sites for hydroxylation is 2. The zero-order chi connectivity index (χ0) is 23.7. The van der Waals surface area contributed by atoms with Gasteiger partial charge in [-0.3, -0.25) is 9.10 Å².